The van der Waals surface area contributed by atoms with Crippen LogP contribution in [0, 0.1) is 0 Å². The molecule has 27 heavy (non-hydrogen) atoms. The van der Waals surface area contributed by atoms with E-state index in [0.717, 1.165) is 11.1 Å². The SMILES string of the molecule is OB(O)c1cccc(-c2nc(-c3ccccc3)nc(-c3ccccc3)n2)c1. The van der Waals surface area contributed by atoms with Crippen molar-refractivity contribution in [3.63, 3.8) is 0 Å². The van der Waals surface area contributed by atoms with E-state index in [0.29, 0.717) is 28.5 Å². The van der Waals surface area contributed by atoms with Crippen LogP contribution in [0.2, 0.25) is 0 Å². The molecule has 1 aromatic heterocycles. The smallest absolute Gasteiger partial charge is 0.423 e. The minimum Gasteiger partial charge on any atom is -0.423 e. The van der Waals surface area contributed by atoms with Crippen LogP contribution in [0.15, 0.2) is 84.9 Å². The van der Waals surface area contributed by atoms with E-state index >= 15 is 0 Å². The van der Waals surface area contributed by atoms with Crippen molar-refractivity contribution in [1.29, 1.82) is 0 Å². The molecular weight excluding hydrogens is 337 g/mol. The summed E-state index contributed by atoms with van der Waals surface area (Å²) in [5, 5.41) is 18.9. The highest BCUT2D eigenvalue weighted by Gasteiger charge is 2.15. The Balaban J connectivity index is 1.90. The largest absolute Gasteiger partial charge is 0.488 e. The molecule has 0 radical (unpaired) electrons. The van der Waals surface area contributed by atoms with Crippen LogP contribution in [0.3, 0.4) is 0 Å². The molecule has 0 aliphatic carbocycles. The normalized spacial score (nSPS) is 10.6. The summed E-state index contributed by atoms with van der Waals surface area (Å²) >= 11 is 0. The van der Waals surface area contributed by atoms with Gasteiger partial charge in [0.1, 0.15) is 0 Å². The lowest BCUT2D eigenvalue weighted by atomic mass is 9.79. The molecule has 1 heterocycles. The Labute approximate surface area is 157 Å². The molecule has 6 heteroatoms. The minimum absolute atomic E-state index is 0.385. The van der Waals surface area contributed by atoms with Gasteiger partial charge in [-0.25, -0.2) is 15.0 Å². The van der Waals surface area contributed by atoms with Crippen molar-refractivity contribution in [2.45, 2.75) is 0 Å². The molecule has 0 atom stereocenters. The number of benzene rings is 3. The predicted molar refractivity (Wildman–Crippen MR) is 106 cm³/mol. The summed E-state index contributed by atoms with van der Waals surface area (Å²) in [6, 6.07) is 26.3. The van der Waals surface area contributed by atoms with Gasteiger partial charge in [0.15, 0.2) is 17.5 Å². The Hall–Kier alpha value is -3.35. The number of hydrogen-bond acceptors (Lipinski definition) is 5. The molecule has 2 N–H and O–H groups in total. The summed E-state index contributed by atoms with van der Waals surface area (Å²) in [7, 11) is -1.55. The summed E-state index contributed by atoms with van der Waals surface area (Å²) in [5.41, 5.74) is 2.85. The molecule has 0 bridgehead atoms. The molecule has 130 valence electrons. The number of nitrogens with zero attached hydrogens (tertiary/aromatic N) is 3. The average molecular weight is 353 g/mol. The van der Waals surface area contributed by atoms with Gasteiger partial charge in [0, 0.05) is 16.7 Å². The number of aromatic nitrogens is 3. The van der Waals surface area contributed by atoms with Crippen LogP contribution in [-0.2, 0) is 0 Å². The van der Waals surface area contributed by atoms with Crippen molar-refractivity contribution >= 4 is 12.6 Å². The van der Waals surface area contributed by atoms with Gasteiger partial charge in [-0.15, -0.1) is 0 Å². The van der Waals surface area contributed by atoms with Gasteiger partial charge in [0.05, 0.1) is 0 Å². The maximum atomic E-state index is 9.46. The Morgan fingerprint density at radius 2 is 0.963 bits per heavy atom. The van der Waals surface area contributed by atoms with E-state index in [1.54, 1.807) is 18.2 Å². The van der Waals surface area contributed by atoms with E-state index in [1.165, 1.54) is 0 Å². The predicted octanol–water partition coefficient (Wildman–Crippen LogP) is 2.55. The standard InChI is InChI=1S/C21H16BN3O2/c26-22(27)18-13-7-12-17(14-18)21-24-19(15-8-3-1-4-9-15)23-20(25-21)16-10-5-2-6-11-16/h1-14,26-27H. The van der Waals surface area contributed by atoms with Crippen LogP contribution in [0.5, 0.6) is 0 Å². The Morgan fingerprint density at radius 3 is 1.44 bits per heavy atom. The third kappa shape index (κ3) is 3.77. The van der Waals surface area contributed by atoms with Gasteiger partial charge < -0.3 is 10.0 Å². The summed E-state index contributed by atoms with van der Waals surface area (Å²) in [4.78, 5) is 13.9. The Kier molecular flexibility index (Phi) is 4.74. The number of rotatable bonds is 4. The summed E-state index contributed by atoms with van der Waals surface area (Å²) in [6.45, 7) is 0. The van der Waals surface area contributed by atoms with Crippen LogP contribution in [0.4, 0.5) is 0 Å². The zero-order valence-corrected chi connectivity index (χ0v) is 14.4. The van der Waals surface area contributed by atoms with E-state index in [2.05, 4.69) is 15.0 Å². The quantitative estimate of drug-likeness (QED) is 0.552. The Morgan fingerprint density at radius 1 is 0.519 bits per heavy atom. The first-order chi connectivity index (χ1) is 13.2. The van der Waals surface area contributed by atoms with Crippen molar-refractivity contribution < 1.29 is 10.0 Å². The maximum Gasteiger partial charge on any atom is 0.488 e. The van der Waals surface area contributed by atoms with E-state index in [9.17, 15) is 10.0 Å². The van der Waals surface area contributed by atoms with Gasteiger partial charge >= 0.3 is 7.12 Å². The molecule has 0 saturated heterocycles. The highest BCUT2D eigenvalue weighted by molar-refractivity contribution is 6.58. The number of hydrogen-bond donors (Lipinski definition) is 2. The van der Waals surface area contributed by atoms with Gasteiger partial charge in [-0.2, -0.15) is 0 Å². The summed E-state index contributed by atoms with van der Waals surface area (Å²) < 4.78 is 0. The third-order valence-corrected chi connectivity index (χ3v) is 4.14. The van der Waals surface area contributed by atoms with Crippen LogP contribution in [0.25, 0.3) is 34.2 Å². The van der Waals surface area contributed by atoms with E-state index in [4.69, 9.17) is 0 Å². The van der Waals surface area contributed by atoms with Crippen molar-refractivity contribution in [3.05, 3.63) is 84.9 Å². The fraction of sp³-hybridized carbons (Fsp3) is 0. The molecule has 0 spiro atoms. The second-order valence-electron chi connectivity index (χ2n) is 6.04. The molecule has 0 aliphatic rings. The lowest BCUT2D eigenvalue weighted by Gasteiger charge is -2.09. The third-order valence-electron chi connectivity index (χ3n) is 4.14. The van der Waals surface area contributed by atoms with Crippen molar-refractivity contribution in [2.75, 3.05) is 0 Å². The Bertz CT molecular complexity index is 999. The van der Waals surface area contributed by atoms with Gasteiger partial charge in [-0.05, 0) is 5.46 Å². The molecule has 4 rings (SSSR count). The zero-order chi connectivity index (χ0) is 18.6. The molecule has 4 aromatic rings. The molecule has 0 fully saturated rings. The highest BCUT2D eigenvalue weighted by atomic mass is 16.4. The van der Waals surface area contributed by atoms with Crippen LogP contribution in [0.1, 0.15) is 0 Å². The highest BCUT2D eigenvalue weighted by Crippen LogP contribution is 2.24. The second kappa shape index (κ2) is 7.49. The molecule has 0 saturated carbocycles. The van der Waals surface area contributed by atoms with E-state index in [1.807, 2.05) is 66.7 Å². The second-order valence-corrected chi connectivity index (χ2v) is 6.04. The molecule has 0 aliphatic heterocycles. The average Bonchev–Trinajstić information content (AvgIpc) is 2.75. The summed E-state index contributed by atoms with van der Waals surface area (Å²) in [5.74, 6) is 1.61. The fourth-order valence-electron chi connectivity index (χ4n) is 2.78. The van der Waals surface area contributed by atoms with Gasteiger partial charge in [-0.1, -0.05) is 84.9 Å². The molecule has 3 aromatic carbocycles. The monoisotopic (exact) mass is 353 g/mol. The lowest BCUT2D eigenvalue weighted by Crippen LogP contribution is -2.29. The van der Waals surface area contributed by atoms with Crippen LogP contribution in [-0.4, -0.2) is 32.1 Å². The lowest BCUT2D eigenvalue weighted by molar-refractivity contribution is 0.426. The first-order valence-corrected chi connectivity index (χ1v) is 8.54. The van der Waals surface area contributed by atoms with Crippen LogP contribution < -0.4 is 5.46 Å². The fourth-order valence-corrected chi connectivity index (χ4v) is 2.78. The van der Waals surface area contributed by atoms with Crippen molar-refractivity contribution in [3.8, 4) is 34.2 Å². The topological polar surface area (TPSA) is 79.1 Å². The van der Waals surface area contributed by atoms with Crippen LogP contribution >= 0.6 is 0 Å². The van der Waals surface area contributed by atoms with Crippen molar-refractivity contribution in [2.24, 2.45) is 0 Å². The van der Waals surface area contributed by atoms with Gasteiger partial charge in [0.25, 0.3) is 0 Å². The minimum atomic E-state index is -1.55. The summed E-state index contributed by atoms with van der Waals surface area (Å²) in [6.07, 6.45) is 0. The first-order valence-electron chi connectivity index (χ1n) is 8.54. The zero-order valence-electron chi connectivity index (χ0n) is 14.4. The van der Waals surface area contributed by atoms with Gasteiger partial charge in [0.2, 0.25) is 0 Å². The van der Waals surface area contributed by atoms with Crippen molar-refractivity contribution in [1.82, 2.24) is 15.0 Å². The first kappa shape index (κ1) is 17.1. The van der Waals surface area contributed by atoms with Gasteiger partial charge in [-0.3, -0.25) is 0 Å². The van der Waals surface area contributed by atoms with E-state index < -0.39 is 7.12 Å². The molecule has 0 amide bonds. The maximum absolute atomic E-state index is 9.46. The van der Waals surface area contributed by atoms with E-state index in [-0.39, 0.29) is 0 Å². The molecule has 0 unspecified atom stereocenters. The molecule has 5 nitrogen and oxygen atoms in total. The molecular formula is C21H16BN3O2.